The molecule has 126 valence electrons. The van der Waals surface area contributed by atoms with Crippen LogP contribution in [-0.4, -0.2) is 36.0 Å². The first-order chi connectivity index (χ1) is 12.2. The van der Waals surface area contributed by atoms with Crippen molar-refractivity contribution in [3.63, 3.8) is 0 Å². The van der Waals surface area contributed by atoms with Crippen molar-refractivity contribution in [3.8, 4) is 5.69 Å². The lowest BCUT2D eigenvalue weighted by atomic mass is 10.2. The Bertz CT molecular complexity index is 1100. The number of nitrogens with zero attached hydrogens (tertiary/aromatic N) is 6. The maximum Gasteiger partial charge on any atom is 0.180 e. The van der Waals surface area contributed by atoms with Crippen LogP contribution in [0.2, 0.25) is 5.02 Å². The summed E-state index contributed by atoms with van der Waals surface area (Å²) < 4.78 is 9.17. The van der Waals surface area contributed by atoms with Gasteiger partial charge in [-0.05, 0) is 37.5 Å². The Morgan fingerprint density at radius 2 is 2.20 bits per heavy atom. The average Bonchev–Trinajstić information content (AvgIpc) is 3.34. The van der Waals surface area contributed by atoms with Crippen molar-refractivity contribution in [1.82, 2.24) is 29.4 Å². The van der Waals surface area contributed by atoms with Gasteiger partial charge in [-0.3, -0.25) is 0 Å². The Labute approximate surface area is 148 Å². The monoisotopic (exact) mass is 354 g/mol. The summed E-state index contributed by atoms with van der Waals surface area (Å²) in [4.78, 5) is 9.21. The van der Waals surface area contributed by atoms with Gasteiger partial charge in [-0.1, -0.05) is 17.7 Å². The SMILES string of the molecule is Cc1ccc(Cl)cc1-n1ncc2c1ncn1nc([C@H]3CCCO3)nc21. The summed E-state index contributed by atoms with van der Waals surface area (Å²) in [5.41, 5.74) is 3.43. The maximum absolute atomic E-state index is 6.15. The second-order valence-corrected chi connectivity index (χ2v) is 6.65. The van der Waals surface area contributed by atoms with Crippen molar-refractivity contribution >= 4 is 28.3 Å². The highest BCUT2D eigenvalue weighted by Gasteiger charge is 2.23. The number of rotatable bonds is 2. The van der Waals surface area contributed by atoms with E-state index in [0.29, 0.717) is 10.8 Å². The molecule has 1 atom stereocenters. The molecule has 8 heteroatoms. The highest BCUT2D eigenvalue weighted by molar-refractivity contribution is 6.30. The van der Waals surface area contributed by atoms with E-state index in [9.17, 15) is 0 Å². The summed E-state index contributed by atoms with van der Waals surface area (Å²) in [6.07, 6.45) is 5.40. The maximum atomic E-state index is 6.15. The Morgan fingerprint density at radius 1 is 1.28 bits per heavy atom. The van der Waals surface area contributed by atoms with E-state index >= 15 is 0 Å². The zero-order valence-corrected chi connectivity index (χ0v) is 14.3. The lowest BCUT2D eigenvalue weighted by molar-refractivity contribution is 0.105. The molecule has 25 heavy (non-hydrogen) atoms. The van der Waals surface area contributed by atoms with Crippen LogP contribution in [0.3, 0.4) is 0 Å². The van der Waals surface area contributed by atoms with Crippen LogP contribution < -0.4 is 0 Å². The van der Waals surface area contributed by atoms with Crippen molar-refractivity contribution in [2.45, 2.75) is 25.9 Å². The molecule has 0 saturated carbocycles. The number of benzene rings is 1. The highest BCUT2D eigenvalue weighted by Crippen LogP contribution is 2.28. The van der Waals surface area contributed by atoms with Gasteiger partial charge in [0.15, 0.2) is 17.1 Å². The standard InChI is InChI=1S/C17H15ClN6O/c1-10-4-5-11(18)7-13(10)24-16-12(8-20-24)17-21-15(14-3-2-6-25-14)22-23(17)9-19-16/h4-5,7-9,14H,2-3,6H2,1H3/t14-/m1/s1. The van der Waals surface area contributed by atoms with E-state index in [1.165, 1.54) is 0 Å². The second-order valence-electron chi connectivity index (χ2n) is 6.21. The van der Waals surface area contributed by atoms with Crippen LogP contribution in [0.5, 0.6) is 0 Å². The third-order valence-electron chi connectivity index (χ3n) is 4.54. The fourth-order valence-corrected chi connectivity index (χ4v) is 3.41. The highest BCUT2D eigenvalue weighted by atomic mass is 35.5. The molecule has 5 rings (SSSR count). The summed E-state index contributed by atoms with van der Waals surface area (Å²) in [7, 11) is 0. The molecule has 0 spiro atoms. The van der Waals surface area contributed by atoms with Crippen LogP contribution in [-0.2, 0) is 4.74 Å². The van der Waals surface area contributed by atoms with Gasteiger partial charge in [0.25, 0.3) is 0 Å². The molecule has 0 radical (unpaired) electrons. The summed E-state index contributed by atoms with van der Waals surface area (Å²) >= 11 is 6.15. The average molecular weight is 355 g/mol. The molecule has 1 aliphatic rings. The predicted molar refractivity (Wildman–Crippen MR) is 93.1 cm³/mol. The zero-order chi connectivity index (χ0) is 17.0. The number of fused-ring (bicyclic) bond motifs is 3. The van der Waals surface area contributed by atoms with E-state index in [2.05, 4.69) is 20.2 Å². The molecule has 7 nitrogen and oxygen atoms in total. The first kappa shape index (κ1) is 14.8. The van der Waals surface area contributed by atoms with Gasteiger partial charge in [-0.25, -0.2) is 19.2 Å². The molecule has 0 unspecified atom stereocenters. The predicted octanol–water partition coefficient (Wildman–Crippen LogP) is 3.28. The van der Waals surface area contributed by atoms with Crippen molar-refractivity contribution < 1.29 is 4.74 Å². The molecule has 4 heterocycles. The van der Waals surface area contributed by atoms with E-state index in [4.69, 9.17) is 16.3 Å². The molecule has 1 fully saturated rings. The first-order valence-electron chi connectivity index (χ1n) is 8.18. The number of hydrogen-bond acceptors (Lipinski definition) is 5. The Kier molecular flexibility index (Phi) is 3.26. The van der Waals surface area contributed by atoms with Gasteiger partial charge < -0.3 is 4.74 Å². The topological polar surface area (TPSA) is 70.1 Å². The van der Waals surface area contributed by atoms with E-state index < -0.39 is 0 Å². The van der Waals surface area contributed by atoms with Gasteiger partial charge in [0.05, 0.1) is 17.3 Å². The number of hydrogen-bond donors (Lipinski definition) is 0. The van der Waals surface area contributed by atoms with Gasteiger partial charge in [-0.15, -0.1) is 5.10 Å². The fourth-order valence-electron chi connectivity index (χ4n) is 3.24. The quantitative estimate of drug-likeness (QED) is 0.552. The lowest BCUT2D eigenvalue weighted by Gasteiger charge is -2.07. The van der Waals surface area contributed by atoms with Gasteiger partial charge in [-0.2, -0.15) is 5.10 Å². The molecule has 4 aromatic rings. The van der Waals surface area contributed by atoms with Gasteiger partial charge in [0.2, 0.25) is 0 Å². The summed E-state index contributed by atoms with van der Waals surface area (Å²) in [5.74, 6) is 0.707. The summed E-state index contributed by atoms with van der Waals surface area (Å²) in [5, 5.41) is 10.5. The molecule has 3 aromatic heterocycles. The van der Waals surface area contributed by atoms with Crippen LogP contribution in [0.4, 0.5) is 0 Å². The smallest absolute Gasteiger partial charge is 0.180 e. The zero-order valence-electron chi connectivity index (χ0n) is 13.6. The molecule has 1 aliphatic heterocycles. The number of aromatic nitrogens is 6. The van der Waals surface area contributed by atoms with Crippen LogP contribution in [0.1, 0.15) is 30.3 Å². The van der Waals surface area contributed by atoms with Crippen LogP contribution in [0.25, 0.3) is 22.4 Å². The number of halogens is 1. The third-order valence-corrected chi connectivity index (χ3v) is 4.77. The minimum Gasteiger partial charge on any atom is -0.370 e. The first-order valence-corrected chi connectivity index (χ1v) is 8.55. The molecule has 1 saturated heterocycles. The Morgan fingerprint density at radius 3 is 3.04 bits per heavy atom. The van der Waals surface area contributed by atoms with Gasteiger partial charge >= 0.3 is 0 Å². The van der Waals surface area contributed by atoms with E-state index in [-0.39, 0.29) is 6.10 Å². The second kappa shape index (κ2) is 5.50. The molecule has 1 aromatic carbocycles. The number of aryl methyl sites for hydroxylation is 1. The molecular weight excluding hydrogens is 340 g/mol. The largest absolute Gasteiger partial charge is 0.370 e. The van der Waals surface area contributed by atoms with Crippen molar-refractivity contribution in [2.75, 3.05) is 6.61 Å². The van der Waals surface area contributed by atoms with Crippen LogP contribution in [0, 0.1) is 6.92 Å². The Hall–Kier alpha value is -2.51. The summed E-state index contributed by atoms with van der Waals surface area (Å²) in [6.45, 7) is 2.78. The van der Waals surface area contributed by atoms with E-state index in [1.54, 1.807) is 21.7 Å². The molecule has 0 N–H and O–H groups in total. The minimum atomic E-state index is -0.0276. The van der Waals surface area contributed by atoms with Gasteiger partial charge in [0, 0.05) is 11.6 Å². The Balaban J connectivity index is 1.70. The molecule has 0 aliphatic carbocycles. The normalized spacial score (nSPS) is 17.8. The molecular formula is C17H15ClN6O. The minimum absolute atomic E-state index is 0.0276. The van der Waals surface area contributed by atoms with Crippen molar-refractivity contribution in [2.24, 2.45) is 0 Å². The van der Waals surface area contributed by atoms with Crippen molar-refractivity contribution in [3.05, 3.63) is 47.1 Å². The van der Waals surface area contributed by atoms with Crippen LogP contribution >= 0.6 is 11.6 Å². The van der Waals surface area contributed by atoms with E-state index in [1.807, 2.05) is 25.1 Å². The van der Waals surface area contributed by atoms with Crippen molar-refractivity contribution in [1.29, 1.82) is 0 Å². The lowest BCUT2D eigenvalue weighted by Crippen LogP contribution is -2.01. The molecule has 0 bridgehead atoms. The fraction of sp³-hybridized carbons (Fsp3) is 0.294. The van der Waals surface area contributed by atoms with Crippen LogP contribution in [0.15, 0.2) is 30.7 Å². The van der Waals surface area contributed by atoms with Gasteiger partial charge in [0.1, 0.15) is 12.4 Å². The summed E-state index contributed by atoms with van der Waals surface area (Å²) in [6, 6.07) is 5.72. The molecule has 0 amide bonds. The third kappa shape index (κ3) is 2.31. The van der Waals surface area contributed by atoms with E-state index in [0.717, 1.165) is 47.4 Å². The number of ether oxygens (including phenoxy) is 1.